The Hall–Kier alpha value is -0.580. The van der Waals surface area contributed by atoms with E-state index in [1.807, 2.05) is 7.05 Å². The van der Waals surface area contributed by atoms with E-state index in [-0.39, 0.29) is 23.7 Å². The highest BCUT2D eigenvalue weighted by Crippen LogP contribution is 2.43. The van der Waals surface area contributed by atoms with E-state index >= 15 is 0 Å². The van der Waals surface area contributed by atoms with Gasteiger partial charge in [-0.3, -0.25) is 4.79 Å². The van der Waals surface area contributed by atoms with Gasteiger partial charge in [0.05, 0.1) is 0 Å². The van der Waals surface area contributed by atoms with Crippen LogP contribution in [-0.4, -0.2) is 26.0 Å². The van der Waals surface area contributed by atoms with E-state index in [1.165, 1.54) is 24.8 Å². The molecule has 1 saturated carbocycles. The zero-order valence-corrected chi connectivity index (χ0v) is 14.1. The van der Waals surface area contributed by atoms with Crippen molar-refractivity contribution >= 4 is 34.2 Å². The number of carbonyl (C=O) groups excluding carboxylic acids is 1. The van der Waals surface area contributed by atoms with Crippen molar-refractivity contribution in [2.75, 3.05) is 20.1 Å². The molecule has 0 aromatic heterocycles. The van der Waals surface area contributed by atoms with Crippen LogP contribution in [0, 0.1) is 0 Å². The van der Waals surface area contributed by atoms with Crippen LogP contribution in [0.2, 0.25) is 0 Å². The molecule has 112 valence electrons. The molecule has 0 saturated heterocycles. The maximum absolute atomic E-state index is 11.7. The minimum absolute atomic E-state index is 0. The zero-order chi connectivity index (χ0) is 13.7. The molecule has 5 heteroatoms. The quantitative estimate of drug-likeness (QED) is 0.818. The number of carbonyl (C=O) groups is 1. The molecule has 2 N–H and O–H groups in total. The molecule has 20 heavy (non-hydrogen) atoms. The summed E-state index contributed by atoms with van der Waals surface area (Å²) in [6.45, 7) is 1.49. The average Bonchev–Trinajstić information content (AvgIpc) is 2.37. The molecule has 0 radical (unpaired) electrons. The van der Waals surface area contributed by atoms with Crippen molar-refractivity contribution in [2.45, 2.75) is 31.1 Å². The fourth-order valence-electron chi connectivity index (χ4n) is 2.57. The van der Waals surface area contributed by atoms with E-state index in [1.54, 1.807) is 0 Å². The second kappa shape index (κ2) is 8.01. The molecule has 0 spiro atoms. The molecule has 3 nitrogen and oxygen atoms in total. The Bertz CT molecular complexity index is 432. The number of hydrogen-bond donors (Lipinski definition) is 2. The summed E-state index contributed by atoms with van der Waals surface area (Å²) in [6, 6.07) is 8.50. The minimum Gasteiger partial charge on any atom is -0.355 e. The van der Waals surface area contributed by atoms with E-state index < -0.39 is 0 Å². The second-order valence-corrected chi connectivity index (χ2v) is 6.19. The SMILES string of the molecule is CNCCC(=O)NCC1(c2ccc(Br)cc2)CCC1.Cl. The molecule has 1 aromatic carbocycles. The van der Waals surface area contributed by atoms with Gasteiger partial charge in [-0.1, -0.05) is 34.5 Å². The summed E-state index contributed by atoms with van der Waals surface area (Å²) in [5.74, 6) is 0.137. The first kappa shape index (κ1) is 17.5. The highest BCUT2D eigenvalue weighted by atomic mass is 79.9. The average molecular weight is 362 g/mol. The predicted molar refractivity (Wildman–Crippen MR) is 88.5 cm³/mol. The van der Waals surface area contributed by atoms with E-state index in [4.69, 9.17) is 0 Å². The van der Waals surface area contributed by atoms with Gasteiger partial charge in [0.15, 0.2) is 0 Å². The summed E-state index contributed by atoms with van der Waals surface area (Å²) in [5, 5.41) is 6.08. The molecule has 1 aliphatic rings. The van der Waals surface area contributed by atoms with Gasteiger partial charge in [0.25, 0.3) is 0 Å². The molecular weight excluding hydrogens is 340 g/mol. The minimum atomic E-state index is 0. The lowest BCUT2D eigenvalue weighted by atomic mass is 9.64. The van der Waals surface area contributed by atoms with Crippen molar-refractivity contribution in [1.82, 2.24) is 10.6 Å². The summed E-state index contributed by atoms with van der Waals surface area (Å²) in [5.41, 5.74) is 1.51. The topological polar surface area (TPSA) is 41.1 Å². The van der Waals surface area contributed by atoms with Crippen LogP contribution in [0.4, 0.5) is 0 Å². The van der Waals surface area contributed by atoms with E-state index in [9.17, 15) is 4.79 Å². The van der Waals surface area contributed by atoms with Crippen molar-refractivity contribution in [3.05, 3.63) is 34.3 Å². The highest BCUT2D eigenvalue weighted by Gasteiger charge is 2.38. The van der Waals surface area contributed by atoms with Gasteiger partial charge in [-0.05, 0) is 37.6 Å². The lowest BCUT2D eigenvalue weighted by Crippen LogP contribution is -2.45. The first-order valence-corrected chi connectivity index (χ1v) is 7.63. The van der Waals surface area contributed by atoms with Crippen LogP contribution in [0.25, 0.3) is 0 Å². The molecule has 2 rings (SSSR count). The molecule has 0 unspecified atom stereocenters. The third kappa shape index (κ3) is 4.21. The predicted octanol–water partition coefficient (Wildman–Crippen LogP) is 3.02. The third-order valence-corrected chi connectivity index (χ3v) is 4.52. The summed E-state index contributed by atoms with van der Waals surface area (Å²) < 4.78 is 1.10. The van der Waals surface area contributed by atoms with Crippen molar-refractivity contribution in [3.63, 3.8) is 0 Å². The fourth-order valence-corrected chi connectivity index (χ4v) is 2.83. The van der Waals surface area contributed by atoms with Crippen molar-refractivity contribution in [2.24, 2.45) is 0 Å². The summed E-state index contributed by atoms with van der Waals surface area (Å²) >= 11 is 3.47. The number of nitrogens with one attached hydrogen (secondary N) is 2. The molecule has 0 aliphatic heterocycles. The Labute approximate surface area is 135 Å². The molecule has 1 fully saturated rings. The Morgan fingerprint density at radius 1 is 1.30 bits per heavy atom. The van der Waals surface area contributed by atoms with Gasteiger partial charge in [0, 0.05) is 29.4 Å². The van der Waals surface area contributed by atoms with Crippen molar-refractivity contribution < 1.29 is 4.79 Å². The van der Waals surface area contributed by atoms with Crippen LogP contribution in [0.3, 0.4) is 0 Å². The van der Waals surface area contributed by atoms with E-state index in [2.05, 4.69) is 50.8 Å². The fraction of sp³-hybridized carbons (Fsp3) is 0.533. The summed E-state index contributed by atoms with van der Waals surface area (Å²) in [6.07, 6.45) is 4.14. The number of halogens is 2. The Kier molecular flexibility index (Phi) is 7.00. The van der Waals surface area contributed by atoms with Crippen LogP contribution in [0.15, 0.2) is 28.7 Å². The summed E-state index contributed by atoms with van der Waals surface area (Å²) in [4.78, 5) is 11.7. The first-order valence-electron chi connectivity index (χ1n) is 6.84. The smallest absolute Gasteiger partial charge is 0.221 e. The number of amides is 1. The van der Waals surface area contributed by atoms with Gasteiger partial charge in [-0.2, -0.15) is 0 Å². The van der Waals surface area contributed by atoms with Gasteiger partial charge >= 0.3 is 0 Å². The van der Waals surface area contributed by atoms with Crippen LogP contribution < -0.4 is 10.6 Å². The summed E-state index contributed by atoms with van der Waals surface area (Å²) in [7, 11) is 1.86. The molecule has 1 amide bonds. The van der Waals surface area contributed by atoms with Crippen LogP contribution in [0.5, 0.6) is 0 Å². The van der Waals surface area contributed by atoms with Crippen LogP contribution >= 0.6 is 28.3 Å². The lowest BCUT2D eigenvalue weighted by molar-refractivity contribution is -0.121. The zero-order valence-electron chi connectivity index (χ0n) is 11.7. The Balaban J connectivity index is 0.00000200. The van der Waals surface area contributed by atoms with Crippen LogP contribution in [-0.2, 0) is 10.2 Å². The Morgan fingerprint density at radius 3 is 2.45 bits per heavy atom. The number of hydrogen-bond acceptors (Lipinski definition) is 2. The molecule has 0 heterocycles. The van der Waals surface area contributed by atoms with Gasteiger partial charge in [0.2, 0.25) is 5.91 Å². The third-order valence-electron chi connectivity index (χ3n) is 3.99. The molecule has 0 atom stereocenters. The maximum atomic E-state index is 11.7. The number of rotatable bonds is 6. The van der Waals surface area contributed by atoms with E-state index in [0.717, 1.165) is 17.6 Å². The van der Waals surface area contributed by atoms with Crippen LogP contribution in [0.1, 0.15) is 31.2 Å². The molecule has 1 aliphatic carbocycles. The Morgan fingerprint density at radius 2 is 1.95 bits per heavy atom. The molecular formula is C15H22BrClN2O. The largest absolute Gasteiger partial charge is 0.355 e. The van der Waals surface area contributed by atoms with Crippen molar-refractivity contribution in [3.8, 4) is 0 Å². The molecule has 0 bridgehead atoms. The second-order valence-electron chi connectivity index (χ2n) is 5.27. The van der Waals surface area contributed by atoms with Gasteiger partial charge in [-0.15, -0.1) is 12.4 Å². The van der Waals surface area contributed by atoms with Gasteiger partial charge < -0.3 is 10.6 Å². The highest BCUT2D eigenvalue weighted by molar-refractivity contribution is 9.10. The lowest BCUT2D eigenvalue weighted by Gasteiger charge is -2.42. The van der Waals surface area contributed by atoms with Crippen molar-refractivity contribution in [1.29, 1.82) is 0 Å². The number of benzene rings is 1. The van der Waals surface area contributed by atoms with E-state index in [0.29, 0.717) is 6.42 Å². The maximum Gasteiger partial charge on any atom is 0.221 e. The van der Waals surface area contributed by atoms with Gasteiger partial charge in [0.1, 0.15) is 0 Å². The normalized spacial score (nSPS) is 15.9. The monoisotopic (exact) mass is 360 g/mol. The van der Waals surface area contributed by atoms with Gasteiger partial charge in [-0.25, -0.2) is 0 Å². The first-order chi connectivity index (χ1) is 9.16. The standard InChI is InChI=1S/C15H21BrN2O.ClH/c1-17-10-7-14(19)18-11-15(8-2-9-15)12-3-5-13(16)6-4-12;/h3-6,17H,2,7-11H2,1H3,(H,18,19);1H. The molecule has 1 aromatic rings.